The van der Waals surface area contributed by atoms with E-state index in [1.54, 1.807) is 6.20 Å². The molecule has 2 rings (SSSR count). The lowest BCUT2D eigenvalue weighted by atomic mass is 10.1. The molecule has 2 heterocycles. The molecule has 0 spiro atoms. The van der Waals surface area contributed by atoms with Crippen molar-refractivity contribution in [2.75, 3.05) is 6.54 Å². The molecule has 4 heteroatoms. The van der Waals surface area contributed by atoms with E-state index in [0.717, 1.165) is 11.3 Å². The molecule has 0 aliphatic carbocycles. The summed E-state index contributed by atoms with van der Waals surface area (Å²) in [5.41, 5.74) is 0.818. The Bertz CT molecular complexity index is 233. The highest BCUT2D eigenvalue weighted by molar-refractivity contribution is 5.19. The van der Waals surface area contributed by atoms with Gasteiger partial charge in [-0.2, -0.15) is 0 Å². The molecule has 1 aromatic heterocycles. The highest BCUT2D eigenvalue weighted by Gasteiger charge is 2.20. The molecule has 0 radical (unpaired) electrons. The third-order valence-electron chi connectivity index (χ3n) is 1.66. The van der Waals surface area contributed by atoms with Crippen molar-refractivity contribution in [3.63, 3.8) is 0 Å². The summed E-state index contributed by atoms with van der Waals surface area (Å²) in [6.07, 6.45) is 1.12. The number of fused-ring (bicyclic) bond motifs is 1. The Morgan fingerprint density at radius 1 is 1.80 bits per heavy atom. The van der Waals surface area contributed by atoms with Crippen molar-refractivity contribution in [1.29, 1.82) is 0 Å². The van der Waals surface area contributed by atoms with E-state index >= 15 is 0 Å². The maximum absolute atomic E-state index is 9.29. The zero-order valence-electron chi connectivity index (χ0n) is 5.37. The summed E-state index contributed by atoms with van der Waals surface area (Å²) in [5.74, 6) is 0.749. The Balaban J connectivity index is 2.41. The largest absolute Gasteiger partial charge is 0.387 e. The minimum absolute atomic E-state index is 0.449. The average molecular weight is 140 g/mol. The molecule has 0 bridgehead atoms. The quantitative estimate of drug-likeness (QED) is 0.524. The first kappa shape index (κ1) is 5.88. The molecule has 0 fully saturated rings. The first-order valence-electron chi connectivity index (χ1n) is 3.20. The van der Waals surface area contributed by atoms with Gasteiger partial charge < -0.3 is 14.9 Å². The van der Waals surface area contributed by atoms with Crippen LogP contribution in [0.25, 0.3) is 0 Å². The van der Waals surface area contributed by atoms with Crippen LogP contribution in [0.15, 0.2) is 10.7 Å². The minimum Gasteiger partial charge on any atom is -0.387 e. The molecule has 0 amide bonds. The zero-order valence-corrected chi connectivity index (χ0v) is 5.37. The molecule has 2 N–H and O–H groups in total. The van der Waals surface area contributed by atoms with Gasteiger partial charge in [0, 0.05) is 12.1 Å². The van der Waals surface area contributed by atoms with Crippen LogP contribution in [0, 0.1) is 0 Å². The van der Waals surface area contributed by atoms with Crippen molar-refractivity contribution in [2.45, 2.75) is 12.6 Å². The van der Waals surface area contributed by atoms with Crippen molar-refractivity contribution in [2.24, 2.45) is 0 Å². The van der Waals surface area contributed by atoms with Gasteiger partial charge in [0.05, 0.1) is 18.8 Å². The van der Waals surface area contributed by atoms with Crippen LogP contribution in [0.5, 0.6) is 0 Å². The summed E-state index contributed by atoms with van der Waals surface area (Å²) in [5, 5.41) is 15.9. The van der Waals surface area contributed by atoms with Crippen LogP contribution >= 0.6 is 0 Å². The second-order valence-electron chi connectivity index (χ2n) is 2.35. The van der Waals surface area contributed by atoms with E-state index in [2.05, 4.69) is 10.5 Å². The van der Waals surface area contributed by atoms with Gasteiger partial charge in [-0.1, -0.05) is 5.16 Å². The molecule has 4 nitrogen and oxygen atoms in total. The van der Waals surface area contributed by atoms with E-state index in [-0.39, 0.29) is 0 Å². The number of nitrogens with zero attached hydrogens (tertiary/aromatic N) is 1. The molecule has 0 saturated carbocycles. The van der Waals surface area contributed by atoms with Crippen LogP contribution in [0.1, 0.15) is 17.4 Å². The monoisotopic (exact) mass is 140 g/mol. The normalized spacial score (nSPS) is 24.3. The van der Waals surface area contributed by atoms with Crippen LogP contribution < -0.4 is 5.32 Å². The third kappa shape index (κ3) is 0.732. The fourth-order valence-electron chi connectivity index (χ4n) is 1.11. The summed E-state index contributed by atoms with van der Waals surface area (Å²) in [4.78, 5) is 0. The molecule has 54 valence electrons. The number of rotatable bonds is 0. The molecule has 0 saturated heterocycles. The number of aliphatic hydroxyl groups is 1. The highest BCUT2D eigenvalue weighted by Crippen LogP contribution is 2.20. The van der Waals surface area contributed by atoms with Crippen molar-refractivity contribution in [1.82, 2.24) is 10.5 Å². The number of hydrogen-bond acceptors (Lipinski definition) is 4. The summed E-state index contributed by atoms with van der Waals surface area (Å²) >= 11 is 0. The van der Waals surface area contributed by atoms with Gasteiger partial charge in [-0.25, -0.2) is 0 Å². The van der Waals surface area contributed by atoms with Gasteiger partial charge in [0.1, 0.15) is 0 Å². The van der Waals surface area contributed by atoms with Gasteiger partial charge in [0.15, 0.2) is 5.76 Å². The van der Waals surface area contributed by atoms with Crippen molar-refractivity contribution in [3.8, 4) is 0 Å². The molecule has 1 aliphatic heterocycles. The number of hydrogen-bond donors (Lipinski definition) is 2. The van der Waals surface area contributed by atoms with Crippen LogP contribution in [0.4, 0.5) is 0 Å². The third-order valence-corrected chi connectivity index (χ3v) is 1.66. The Morgan fingerprint density at radius 3 is 3.50 bits per heavy atom. The molecule has 1 aromatic rings. The second-order valence-corrected chi connectivity index (χ2v) is 2.35. The van der Waals surface area contributed by atoms with E-state index in [4.69, 9.17) is 4.52 Å². The summed E-state index contributed by atoms with van der Waals surface area (Å²) in [7, 11) is 0. The Morgan fingerprint density at radius 2 is 2.70 bits per heavy atom. The SMILES string of the molecule is OC1CNCc2oncc21. The summed E-state index contributed by atoms with van der Waals surface area (Å²) in [6, 6.07) is 0. The lowest BCUT2D eigenvalue weighted by Gasteiger charge is -2.15. The van der Waals surface area contributed by atoms with Crippen molar-refractivity contribution in [3.05, 3.63) is 17.5 Å². The molecule has 1 aliphatic rings. The van der Waals surface area contributed by atoms with Gasteiger partial charge in [0.2, 0.25) is 0 Å². The molecular formula is C6H8N2O2. The van der Waals surface area contributed by atoms with E-state index < -0.39 is 6.10 Å². The maximum atomic E-state index is 9.29. The molecule has 0 aromatic carbocycles. The van der Waals surface area contributed by atoms with Crippen LogP contribution in [0.2, 0.25) is 0 Å². The van der Waals surface area contributed by atoms with E-state index in [1.165, 1.54) is 0 Å². The lowest BCUT2D eigenvalue weighted by Crippen LogP contribution is -2.26. The number of aliphatic hydroxyl groups excluding tert-OH is 1. The van der Waals surface area contributed by atoms with E-state index in [0.29, 0.717) is 13.1 Å². The smallest absolute Gasteiger partial charge is 0.156 e. The molecule has 10 heavy (non-hydrogen) atoms. The number of nitrogens with one attached hydrogen (secondary N) is 1. The second kappa shape index (κ2) is 2.07. The lowest BCUT2D eigenvalue weighted by molar-refractivity contribution is 0.159. The van der Waals surface area contributed by atoms with Crippen LogP contribution in [-0.4, -0.2) is 16.8 Å². The van der Waals surface area contributed by atoms with Gasteiger partial charge in [0.25, 0.3) is 0 Å². The van der Waals surface area contributed by atoms with Gasteiger partial charge in [-0.3, -0.25) is 0 Å². The Hall–Kier alpha value is -0.870. The summed E-state index contributed by atoms with van der Waals surface area (Å²) < 4.78 is 4.85. The Labute approximate surface area is 57.8 Å². The fraction of sp³-hybridized carbons (Fsp3) is 0.500. The predicted molar refractivity (Wildman–Crippen MR) is 33.2 cm³/mol. The topological polar surface area (TPSA) is 58.3 Å². The van der Waals surface area contributed by atoms with Gasteiger partial charge in [-0.15, -0.1) is 0 Å². The van der Waals surface area contributed by atoms with Crippen LogP contribution in [0.3, 0.4) is 0 Å². The maximum Gasteiger partial charge on any atom is 0.156 e. The molecule has 1 unspecified atom stereocenters. The van der Waals surface area contributed by atoms with Crippen molar-refractivity contribution < 1.29 is 9.63 Å². The number of aromatic nitrogens is 1. The van der Waals surface area contributed by atoms with Crippen LogP contribution in [-0.2, 0) is 6.54 Å². The minimum atomic E-state index is -0.449. The number of β-amino-alcohol motifs (C(OH)–C–C–N with tert-alkyl or cyclic N) is 1. The molecule has 1 atom stereocenters. The van der Waals surface area contributed by atoms with E-state index in [1.807, 2.05) is 0 Å². The zero-order chi connectivity index (χ0) is 6.97. The van der Waals surface area contributed by atoms with Crippen molar-refractivity contribution >= 4 is 0 Å². The predicted octanol–water partition coefficient (Wildman–Crippen LogP) is -0.189. The Kier molecular flexibility index (Phi) is 1.22. The first-order chi connectivity index (χ1) is 4.88. The van der Waals surface area contributed by atoms with Gasteiger partial charge in [-0.05, 0) is 0 Å². The van der Waals surface area contributed by atoms with E-state index in [9.17, 15) is 5.11 Å². The molecular weight excluding hydrogens is 132 g/mol. The van der Waals surface area contributed by atoms with Gasteiger partial charge >= 0.3 is 0 Å². The fourth-order valence-corrected chi connectivity index (χ4v) is 1.11. The highest BCUT2D eigenvalue weighted by atomic mass is 16.5. The first-order valence-corrected chi connectivity index (χ1v) is 3.20. The average Bonchev–Trinajstić information content (AvgIpc) is 2.36. The standard InChI is InChI=1S/C6H8N2O2/c9-5-2-7-3-6-4(5)1-8-10-6/h1,5,7,9H,2-3H2. The summed E-state index contributed by atoms with van der Waals surface area (Å²) in [6.45, 7) is 1.26.